The molecule has 0 aromatic heterocycles. The van der Waals surface area contributed by atoms with Gasteiger partial charge in [0.1, 0.15) is 12.4 Å². The fourth-order valence-corrected chi connectivity index (χ4v) is 1.82. The number of aliphatic carboxylic acids is 1. The lowest BCUT2D eigenvalue weighted by Gasteiger charge is -2.10. The van der Waals surface area contributed by atoms with Crippen molar-refractivity contribution in [1.29, 1.82) is 0 Å². The highest BCUT2D eigenvalue weighted by molar-refractivity contribution is 6.36. The van der Waals surface area contributed by atoms with E-state index in [0.29, 0.717) is 21.4 Å². The van der Waals surface area contributed by atoms with Crippen molar-refractivity contribution >= 4 is 46.8 Å². The Labute approximate surface area is 119 Å². The topological polar surface area (TPSA) is 46.5 Å². The van der Waals surface area contributed by atoms with Gasteiger partial charge in [-0.1, -0.05) is 34.8 Å². The van der Waals surface area contributed by atoms with E-state index in [4.69, 9.17) is 44.6 Å². The highest BCUT2D eigenvalue weighted by Crippen LogP contribution is 2.33. The third-order valence-corrected chi connectivity index (χ3v) is 2.53. The van der Waals surface area contributed by atoms with E-state index in [2.05, 4.69) is 0 Å². The zero-order chi connectivity index (χ0) is 13.5. The van der Waals surface area contributed by atoms with Crippen molar-refractivity contribution < 1.29 is 14.6 Å². The van der Waals surface area contributed by atoms with Gasteiger partial charge in [-0.2, -0.15) is 0 Å². The maximum absolute atomic E-state index is 10.5. The van der Waals surface area contributed by atoms with E-state index in [9.17, 15) is 4.79 Å². The summed E-state index contributed by atoms with van der Waals surface area (Å²) in [7, 11) is 0. The van der Waals surface area contributed by atoms with E-state index in [0.717, 1.165) is 6.08 Å². The van der Waals surface area contributed by atoms with Crippen molar-refractivity contribution in [2.24, 2.45) is 0 Å². The maximum Gasteiger partial charge on any atom is 0.328 e. The van der Waals surface area contributed by atoms with Crippen molar-refractivity contribution in [3.8, 4) is 5.75 Å². The van der Waals surface area contributed by atoms with Crippen molar-refractivity contribution in [3.05, 3.63) is 45.4 Å². The number of rotatable bonds is 5. The molecule has 0 bridgehead atoms. The summed E-state index contributed by atoms with van der Waals surface area (Å²) >= 11 is 17.2. The number of carbonyl (C=O) groups is 1. The van der Waals surface area contributed by atoms with Crippen LogP contribution in [-0.4, -0.2) is 17.7 Å². The average Bonchev–Trinajstić information content (AvgIpc) is 2.29. The number of ether oxygens (including phenoxy) is 1. The lowest BCUT2D eigenvalue weighted by atomic mass is 10.2. The minimum atomic E-state index is -1.07. The van der Waals surface area contributed by atoms with Crippen LogP contribution in [0.15, 0.2) is 29.8 Å². The fraction of sp³-hybridized carbons (Fsp3) is 0.0833. The normalized spacial score (nSPS) is 11.3. The van der Waals surface area contributed by atoms with Crippen molar-refractivity contribution in [2.75, 3.05) is 6.61 Å². The largest absolute Gasteiger partial charge is 0.487 e. The summed E-state index contributed by atoms with van der Waals surface area (Å²) in [5, 5.41) is 9.29. The van der Waals surface area contributed by atoms with Crippen LogP contribution in [-0.2, 0) is 4.79 Å². The van der Waals surface area contributed by atoms with E-state index in [1.165, 1.54) is 17.7 Å². The van der Waals surface area contributed by atoms with Gasteiger partial charge in [-0.15, -0.1) is 0 Å². The predicted octanol–water partition coefficient (Wildman–Crippen LogP) is 4.22. The van der Waals surface area contributed by atoms with Gasteiger partial charge < -0.3 is 9.84 Å². The first-order valence-electron chi connectivity index (χ1n) is 4.82. The predicted molar refractivity (Wildman–Crippen MR) is 73.6 cm³/mol. The summed E-state index contributed by atoms with van der Waals surface area (Å²) in [5.74, 6) is -0.717. The van der Waals surface area contributed by atoms with Gasteiger partial charge in [-0.05, 0) is 24.3 Å². The lowest BCUT2D eigenvalue weighted by molar-refractivity contribution is -0.131. The van der Waals surface area contributed by atoms with Crippen LogP contribution in [0.5, 0.6) is 5.75 Å². The molecule has 18 heavy (non-hydrogen) atoms. The summed E-state index contributed by atoms with van der Waals surface area (Å²) in [4.78, 5) is 10.5. The van der Waals surface area contributed by atoms with E-state index < -0.39 is 5.97 Å². The number of halogens is 3. The first kappa shape index (κ1) is 14.9. The smallest absolute Gasteiger partial charge is 0.328 e. The first-order valence-corrected chi connectivity index (χ1v) is 6.02. The SMILES string of the molecule is O=C(O)/C=C/c1cc(Cl)cc(Cl)c1OC/C=C/Cl. The quantitative estimate of drug-likeness (QED) is 0.828. The molecule has 0 radical (unpaired) electrons. The molecule has 6 heteroatoms. The third kappa shape index (κ3) is 4.61. The molecule has 0 unspecified atom stereocenters. The van der Waals surface area contributed by atoms with E-state index >= 15 is 0 Å². The molecule has 0 fully saturated rings. The molecular formula is C12H9Cl3O3. The standard InChI is InChI=1S/C12H9Cl3O3/c13-4-1-5-18-12-8(2-3-11(16)17)6-9(14)7-10(12)15/h1-4,6-7H,5H2,(H,16,17)/b3-2+,4-1+. The number of benzene rings is 1. The molecule has 3 nitrogen and oxygen atoms in total. The summed E-state index contributed by atoms with van der Waals surface area (Å²) in [6, 6.07) is 3.08. The molecule has 0 aliphatic heterocycles. The monoisotopic (exact) mass is 306 g/mol. The molecule has 1 aromatic carbocycles. The van der Waals surface area contributed by atoms with Gasteiger partial charge in [-0.3, -0.25) is 0 Å². The highest BCUT2D eigenvalue weighted by Gasteiger charge is 2.08. The van der Waals surface area contributed by atoms with Crippen molar-refractivity contribution in [2.45, 2.75) is 0 Å². The van der Waals surface area contributed by atoms with E-state index in [-0.39, 0.29) is 6.61 Å². The minimum Gasteiger partial charge on any atom is -0.487 e. The fourth-order valence-electron chi connectivity index (χ4n) is 1.19. The van der Waals surface area contributed by atoms with Gasteiger partial charge in [0, 0.05) is 22.2 Å². The summed E-state index contributed by atoms with van der Waals surface area (Å²) in [6.45, 7) is 0.221. The van der Waals surface area contributed by atoms with Crippen molar-refractivity contribution in [1.82, 2.24) is 0 Å². The average molecular weight is 308 g/mol. The molecule has 0 atom stereocenters. The number of carboxylic acids is 1. The summed E-state index contributed by atoms with van der Waals surface area (Å²) in [5.41, 5.74) is 1.80. The molecule has 0 aliphatic rings. The van der Waals surface area contributed by atoms with Gasteiger partial charge in [0.05, 0.1) is 5.02 Å². The Kier molecular flexibility index (Phi) is 6.05. The lowest BCUT2D eigenvalue weighted by Crippen LogP contribution is -1.97. The summed E-state index contributed by atoms with van der Waals surface area (Å²) in [6.07, 6.45) is 3.92. The summed E-state index contributed by atoms with van der Waals surface area (Å²) < 4.78 is 5.39. The van der Waals surface area contributed by atoms with Gasteiger partial charge in [0.25, 0.3) is 0 Å². The molecule has 0 heterocycles. The second-order valence-corrected chi connectivity index (χ2v) is 4.25. The van der Waals surface area contributed by atoms with E-state index in [1.807, 2.05) is 0 Å². The Hall–Kier alpha value is -1.16. The number of hydrogen-bond donors (Lipinski definition) is 1. The second kappa shape index (κ2) is 7.31. The Balaban J connectivity index is 3.08. The molecule has 1 rings (SSSR count). The van der Waals surface area contributed by atoms with Gasteiger partial charge in [-0.25, -0.2) is 4.79 Å². The van der Waals surface area contributed by atoms with Gasteiger partial charge in [0.15, 0.2) is 0 Å². The van der Waals surface area contributed by atoms with Gasteiger partial charge in [0.2, 0.25) is 0 Å². The molecular weight excluding hydrogens is 298 g/mol. The molecule has 0 spiro atoms. The van der Waals surface area contributed by atoms with Crippen LogP contribution in [0.2, 0.25) is 10.0 Å². The van der Waals surface area contributed by atoms with Gasteiger partial charge >= 0.3 is 5.97 Å². The molecule has 0 saturated carbocycles. The minimum absolute atomic E-state index is 0.221. The Morgan fingerprint density at radius 3 is 2.72 bits per heavy atom. The third-order valence-electron chi connectivity index (χ3n) is 1.86. The molecule has 1 N–H and O–H groups in total. The van der Waals surface area contributed by atoms with Crippen LogP contribution < -0.4 is 4.74 Å². The molecule has 0 saturated heterocycles. The molecule has 1 aromatic rings. The van der Waals surface area contributed by atoms with Crippen molar-refractivity contribution in [3.63, 3.8) is 0 Å². The highest BCUT2D eigenvalue weighted by atomic mass is 35.5. The van der Waals surface area contributed by atoms with E-state index in [1.54, 1.807) is 12.1 Å². The molecule has 0 aliphatic carbocycles. The number of hydrogen-bond acceptors (Lipinski definition) is 2. The first-order chi connectivity index (χ1) is 8.54. The Morgan fingerprint density at radius 2 is 2.11 bits per heavy atom. The van der Waals surface area contributed by atoms with Crippen LogP contribution in [0.3, 0.4) is 0 Å². The van der Waals surface area contributed by atoms with Crippen LogP contribution in [0.25, 0.3) is 6.08 Å². The zero-order valence-electron chi connectivity index (χ0n) is 9.07. The zero-order valence-corrected chi connectivity index (χ0v) is 11.3. The Morgan fingerprint density at radius 1 is 1.39 bits per heavy atom. The molecule has 96 valence electrons. The van der Waals surface area contributed by atoms with Crippen LogP contribution >= 0.6 is 34.8 Å². The van der Waals surface area contributed by atoms with Crippen LogP contribution in [0.1, 0.15) is 5.56 Å². The van der Waals surface area contributed by atoms with Crippen LogP contribution in [0, 0.1) is 0 Å². The van der Waals surface area contributed by atoms with Crippen LogP contribution in [0.4, 0.5) is 0 Å². The molecule has 0 amide bonds. The number of carboxylic acid groups (broad SMARTS) is 1. The Bertz CT molecular complexity index is 496. The second-order valence-electron chi connectivity index (χ2n) is 3.15. The maximum atomic E-state index is 10.5.